The zero-order valence-electron chi connectivity index (χ0n) is 16.6. The van der Waals surface area contributed by atoms with Crippen LogP contribution in [0.2, 0.25) is 0 Å². The Balaban J connectivity index is 1.76. The Morgan fingerprint density at radius 1 is 1.18 bits per heavy atom. The maximum Gasteiger partial charge on any atom is 0.244 e. The average Bonchev–Trinajstić information content (AvgIpc) is 2.71. The van der Waals surface area contributed by atoms with Crippen LogP contribution in [0.15, 0.2) is 42.5 Å². The van der Waals surface area contributed by atoms with Crippen LogP contribution < -0.4 is 19.7 Å². The highest BCUT2D eigenvalue weighted by molar-refractivity contribution is 6.11. The smallest absolute Gasteiger partial charge is 0.244 e. The number of rotatable bonds is 6. The van der Waals surface area contributed by atoms with Crippen molar-refractivity contribution in [2.45, 2.75) is 19.5 Å². The zero-order valence-corrected chi connectivity index (χ0v) is 16.6. The lowest BCUT2D eigenvalue weighted by atomic mass is 10.1. The summed E-state index contributed by atoms with van der Waals surface area (Å²) in [6.07, 6.45) is 0. The van der Waals surface area contributed by atoms with Crippen molar-refractivity contribution in [1.82, 2.24) is 4.90 Å². The van der Waals surface area contributed by atoms with Crippen LogP contribution in [0.4, 0.5) is 11.4 Å². The Kier molecular flexibility index (Phi) is 5.84. The highest BCUT2D eigenvalue weighted by Gasteiger charge is 2.31. The standard InChI is InChI=1S/C21H25N3O4/c1-14(23(2)12-15-9-10-18(27-3)19(11-15)28-4)21(26)24-13-20(25)22-16-7-5-6-8-17(16)24/h5-11,14H,12-13H2,1-4H3,(H,22,25)/t14-/m1/s1. The van der Waals surface area contributed by atoms with Crippen molar-refractivity contribution in [2.75, 3.05) is 38.0 Å². The van der Waals surface area contributed by atoms with E-state index in [-0.39, 0.29) is 18.4 Å². The minimum absolute atomic E-state index is 0.0182. The van der Waals surface area contributed by atoms with E-state index in [2.05, 4.69) is 5.32 Å². The maximum atomic E-state index is 13.1. The SMILES string of the molecule is COc1ccc(CN(C)[C@H](C)C(=O)N2CC(=O)Nc3ccccc32)cc1OC. The number of carbonyl (C=O) groups is 2. The summed E-state index contributed by atoms with van der Waals surface area (Å²) < 4.78 is 10.6. The molecule has 3 rings (SSSR count). The molecule has 0 saturated carbocycles. The van der Waals surface area contributed by atoms with Crippen molar-refractivity contribution in [1.29, 1.82) is 0 Å². The number of nitrogens with zero attached hydrogens (tertiary/aromatic N) is 2. The number of nitrogens with one attached hydrogen (secondary N) is 1. The van der Waals surface area contributed by atoms with Gasteiger partial charge in [-0.05, 0) is 43.8 Å². The molecule has 0 spiro atoms. The van der Waals surface area contributed by atoms with Crippen molar-refractivity contribution in [3.63, 3.8) is 0 Å². The fourth-order valence-corrected chi connectivity index (χ4v) is 3.25. The van der Waals surface area contributed by atoms with E-state index in [1.165, 1.54) is 0 Å². The molecule has 0 bridgehead atoms. The first-order chi connectivity index (χ1) is 13.4. The van der Waals surface area contributed by atoms with Crippen molar-refractivity contribution >= 4 is 23.2 Å². The molecule has 0 unspecified atom stereocenters. The van der Waals surface area contributed by atoms with Crippen LogP contribution in [0.3, 0.4) is 0 Å². The molecule has 0 aromatic heterocycles. The van der Waals surface area contributed by atoms with E-state index in [1.807, 2.05) is 55.3 Å². The largest absolute Gasteiger partial charge is 0.493 e. The second-order valence-electron chi connectivity index (χ2n) is 6.77. The van der Waals surface area contributed by atoms with Crippen molar-refractivity contribution < 1.29 is 19.1 Å². The van der Waals surface area contributed by atoms with Crippen LogP contribution in [0, 0.1) is 0 Å². The Morgan fingerprint density at radius 3 is 2.61 bits per heavy atom. The summed E-state index contributed by atoms with van der Waals surface area (Å²) in [6.45, 7) is 2.41. The molecule has 2 aromatic carbocycles. The predicted molar refractivity (Wildman–Crippen MR) is 108 cm³/mol. The molecule has 28 heavy (non-hydrogen) atoms. The van der Waals surface area contributed by atoms with E-state index < -0.39 is 6.04 Å². The molecule has 7 heteroatoms. The van der Waals surface area contributed by atoms with Gasteiger partial charge in [0.2, 0.25) is 11.8 Å². The lowest BCUT2D eigenvalue weighted by Gasteiger charge is -2.33. The molecule has 0 radical (unpaired) electrons. The summed E-state index contributed by atoms with van der Waals surface area (Å²) in [7, 11) is 5.07. The number of methoxy groups -OCH3 is 2. The van der Waals surface area contributed by atoms with E-state index in [0.29, 0.717) is 23.7 Å². The van der Waals surface area contributed by atoms with Gasteiger partial charge in [-0.15, -0.1) is 0 Å². The molecule has 0 saturated heterocycles. The van der Waals surface area contributed by atoms with Gasteiger partial charge in [0.15, 0.2) is 11.5 Å². The molecule has 1 atom stereocenters. The van der Waals surface area contributed by atoms with Gasteiger partial charge in [0.1, 0.15) is 6.54 Å². The number of likely N-dealkylation sites (N-methyl/N-ethyl adjacent to an activating group) is 1. The van der Waals surface area contributed by atoms with Crippen LogP contribution >= 0.6 is 0 Å². The van der Waals surface area contributed by atoms with Gasteiger partial charge in [-0.3, -0.25) is 19.4 Å². The molecule has 1 aliphatic heterocycles. The van der Waals surface area contributed by atoms with Crippen LogP contribution in [0.25, 0.3) is 0 Å². The molecule has 0 aliphatic carbocycles. The molecule has 2 aromatic rings. The van der Waals surface area contributed by atoms with E-state index in [4.69, 9.17) is 9.47 Å². The molecule has 148 valence electrons. The van der Waals surface area contributed by atoms with Gasteiger partial charge in [0, 0.05) is 6.54 Å². The second kappa shape index (κ2) is 8.31. The molecule has 7 nitrogen and oxygen atoms in total. The van der Waals surface area contributed by atoms with Crippen LogP contribution in [-0.2, 0) is 16.1 Å². The highest BCUT2D eigenvalue weighted by Crippen LogP contribution is 2.30. The monoisotopic (exact) mass is 383 g/mol. The summed E-state index contributed by atoms with van der Waals surface area (Å²) in [5, 5.41) is 2.80. The average molecular weight is 383 g/mol. The zero-order chi connectivity index (χ0) is 20.3. The van der Waals surface area contributed by atoms with E-state index in [9.17, 15) is 9.59 Å². The van der Waals surface area contributed by atoms with Gasteiger partial charge in [-0.25, -0.2) is 0 Å². The van der Waals surface area contributed by atoms with Crippen molar-refractivity contribution in [3.05, 3.63) is 48.0 Å². The number of fused-ring (bicyclic) bond motifs is 1. The highest BCUT2D eigenvalue weighted by atomic mass is 16.5. The first-order valence-electron chi connectivity index (χ1n) is 9.06. The van der Waals surface area contributed by atoms with Crippen molar-refractivity contribution in [2.24, 2.45) is 0 Å². The summed E-state index contributed by atoms with van der Waals surface area (Å²) in [6, 6.07) is 12.6. The van der Waals surface area contributed by atoms with Gasteiger partial charge in [0.25, 0.3) is 0 Å². The van der Waals surface area contributed by atoms with Crippen LogP contribution in [0.1, 0.15) is 12.5 Å². The summed E-state index contributed by atoms with van der Waals surface area (Å²) >= 11 is 0. The van der Waals surface area contributed by atoms with Gasteiger partial charge in [0.05, 0.1) is 31.6 Å². The first-order valence-corrected chi connectivity index (χ1v) is 9.06. The Hall–Kier alpha value is -3.06. The van der Waals surface area contributed by atoms with Gasteiger partial charge < -0.3 is 14.8 Å². The summed E-state index contributed by atoms with van der Waals surface area (Å²) in [5.74, 6) is 0.995. The third kappa shape index (κ3) is 3.94. The lowest BCUT2D eigenvalue weighted by Crippen LogP contribution is -2.50. The van der Waals surface area contributed by atoms with Crippen LogP contribution in [-0.4, -0.2) is 50.6 Å². The number of anilines is 2. The molecule has 0 fully saturated rings. The normalized spacial score (nSPS) is 14.3. The number of para-hydroxylation sites is 2. The Bertz CT molecular complexity index is 884. The van der Waals surface area contributed by atoms with Crippen LogP contribution in [0.5, 0.6) is 11.5 Å². The quantitative estimate of drug-likeness (QED) is 0.830. The summed E-state index contributed by atoms with van der Waals surface area (Å²) in [5.41, 5.74) is 2.37. The molecule has 1 heterocycles. The fourth-order valence-electron chi connectivity index (χ4n) is 3.25. The molecular formula is C21H25N3O4. The molecular weight excluding hydrogens is 358 g/mol. The minimum Gasteiger partial charge on any atom is -0.493 e. The lowest BCUT2D eigenvalue weighted by molar-refractivity contribution is -0.125. The number of benzene rings is 2. The molecule has 1 N–H and O–H groups in total. The molecule has 2 amide bonds. The molecule has 1 aliphatic rings. The van der Waals surface area contributed by atoms with E-state index >= 15 is 0 Å². The van der Waals surface area contributed by atoms with Gasteiger partial charge >= 0.3 is 0 Å². The second-order valence-corrected chi connectivity index (χ2v) is 6.77. The number of amides is 2. The Labute approximate surface area is 164 Å². The van der Waals surface area contributed by atoms with E-state index in [0.717, 1.165) is 11.3 Å². The number of hydrogen-bond donors (Lipinski definition) is 1. The maximum absolute atomic E-state index is 13.1. The number of carbonyl (C=O) groups excluding carboxylic acids is 2. The number of hydrogen-bond acceptors (Lipinski definition) is 5. The fraction of sp³-hybridized carbons (Fsp3) is 0.333. The Morgan fingerprint density at radius 2 is 1.89 bits per heavy atom. The van der Waals surface area contributed by atoms with Gasteiger partial charge in [-0.2, -0.15) is 0 Å². The van der Waals surface area contributed by atoms with Gasteiger partial charge in [-0.1, -0.05) is 18.2 Å². The topological polar surface area (TPSA) is 71.1 Å². The van der Waals surface area contributed by atoms with E-state index in [1.54, 1.807) is 25.2 Å². The predicted octanol–water partition coefficient (Wildman–Crippen LogP) is 2.51. The summed E-state index contributed by atoms with van der Waals surface area (Å²) in [4.78, 5) is 28.6. The third-order valence-electron chi connectivity index (χ3n) is 4.94. The number of ether oxygens (including phenoxy) is 2. The minimum atomic E-state index is -0.410. The van der Waals surface area contributed by atoms with Crippen molar-refractivity contribution in [3.8, 4) is 11.5 Å². The first kappa shape index (κ1) is 19.7. The third-order valence-corrected chi connectivity index (χ3v) is 4.94.